The van der Waals surface area contributed by atoms with Crippen LogP contribution in [-0.2, 0) is 14.8 Å². The molecule has 0 aliphatic carbocycles. The second-order valence-electron chi connectivity index (χ2n) is 3.46. The molecule has 1 heterocycles. The van der Waals surface area contributed by atoms with E-state index in [1.54, 1.807) is 0 Å². The molecule has 18 heavy (non-hydrogen) atoms. The number of anilines is 1. The zero-order chi connectivity index (χ0) is 13.8. The lowest BCUT2D eigenvalue weighted by molar-refractivity contribution is -0.121. The van der Waals surface area contributed by atoms with Gasteiger partial charge in [-0.3, -0.25) is 10.6 Å². The molecule has 1 atom stereocenters. The van der Waals surface area contributed by atoms with Gasteiger partial charge in [0.05, 0.1) is 11.7 Å². The van der Waals surface area contributed by atoms with Crippen LogP contribution in [0.15, 0.2) is 23.4 Å². The molecular weight excluding hydrogens is 258 g/mol. The Morgan fingerprint density at radius 2 is 2.17 bits per heavy atom. The Labute approximate surface area is 105 Å². The maximum Gasteiger partial charge on any atom is 0.260 e. The molecule has 0 spiro atoms. The maximum absolute atomic E-state index is 12.0. The van der Waals surface area contributed by atoms with E-state index in [4.69, 9.17) is 5.84 Å². The monoisotopic (exact) mass is 273 g/mol. The van der Waals surface area contributed by atoms with Gasteiger partial charge >= 0.3 is 0 Å². The predicted octanol–water partition coefficient (Wildman–Crippen LogP) is -1.22. The highest BCUT2D eigenvalue weighted by Crippen LogP contribution is 2.16. The molecule has 0 aliphatic heterocycles. The molecule has 1 aromatic heterocycles. The number of hydrogen-bond donors (Lipinski definition) is 4. The van der Waals surface area contributed by atoms with Crippen molar-refractivity contribution in [3.8, 4) is 0 Å². The Balaban J connectivity index is 3.03. The van der Waals surface area contributed by atoms with E-state index < -0.39 is 22.0 Å². The maximum atomic E-state index is 12.0. The van der Waals surface area contributed by atoms with Gasteiger partial charge in [0.1, 0.15) is 0 Å². The van der Waals surface area contributed by atoms with Gasteiger partial charge in [-0.2, -0.15) is 4.72 Å². The van der Waals surface area contributed by atoms with Crippen LogP contribution >= 0.6 is 0 Å². The van der Waals surface area contributed by atoms with Crippen molar-refractivity contribution in [2.75, 3.05) is 12.5 Å². The van der Waals surface area contributed by atoms with Crippen LogP contribution in [0.3, 0.4) is 0 Å². The second-order valence-corrected chi connectivity index (χ2v) is 5.09. The molecule has 0 saturated heterocycles. The Hall–Kier alpha value is -1.71. The fourth-order valence-corrected chi connectivity index (χ4v) is 2.57. The number of amides is 1. The number of nitrogen functional groups attached to an aromatic ring is 1. The Morgan fingerprint density at radius 1 is 1.50 bits per heavy atom. The normalized spacial score (nSPS) is 12.8. The first-order chi connectivity index (χ1) is 8.42. The first kappa shape index (κ1) is 14.4. The predicted molar refractivity (Wildman–Crippen MR) is 65.9 cm³/mol. The van der Waals surface area contributed by atoms with Crippen LogP contribution in [0.1, 0.15) is 6.92 Å². The smallest absolute Gasteiger partial charge is 0.260 e. The van der Waals surface area contributed by atoms with E-state index in [9.17, 15) is 13.2 Å². The summed E-state index contributed by atoms with van der Waals surface area (Å²) in [6.45, 7) is 1.43. The van der Waals surface area contributed by atoms with E-state index in [-0.39, 0.29) is 10.7 Å². The minimum absolute atomic E-state index is 0.147. The minimum Gasteiger partial charge on any atom is -0.358 e. The topological polar surface area (TPSA) is 126 Å². The highest BCUT2D eigenvalue weighted by molar-refractivity contribution is 7.89. The molecular formula is C9H15N5O3S. The SMILES string of the molecule is CNC(=O)C(C)NS(=O)(=O)c1ncccc1NN. The van der Waals surface area contributed by atoms with Crippen LogP contribution in [0.5, 0.6) is 0 Å². The van der Waals surface area contributed by atoms with E-state index in [0.717, 1.165) is 0 Å². The van der Waals surface area contributed by atoms with Crippen molar-refractivity contribution in [2.45, 2.75) is 18.0 Å². The molecule has 1 aromatic rings. The van der Waals surface area contributed by atoms with E-state index in [1.165, 1.54) is 32.3 Å². The summed E-state index contributed by atoms with van der Waals surface area (Å²) in [6.07, 6.45) is 1.32. The molecule has 8 nitrogen and oxygen atoms in total. The van der Waals surface area contributed by atoms with Gasteiger partial charge in [0.2, 0.25) is 5.91 Å². The average Bonchev–Trinajstić information content (AvgIpc) is 2.37. The highest BCUT2D eigenvalue weighted by Gasteiger charge is 2.24. The quantitative estimate of drug-likeness (QED) is 0.393. The molecule has 1 unspecified atom stereocenters. The number of likely N-dealkylation sites (N-methyl/N-ethyl adjacent to an activating group) is 1. The molecule has 1 amide bonds. The molecule has 0 radical (unpaired) electrons. The highest BCUT2D eigenvalue weighted by atomic mass is 32.2. The van der Waals surface area contributed by atoms with E-state index in [1.807, 2.05) is 0 Å². The summed E-state index contributed by atoms with van der Waals surface area (Å²) in [7, 11) is -2.50. The summed E-state index contributed by atoms with van der Waals surface area (Å²) < 4.78 is 26.2. The summed E-state index contributed by atoms with van der Waals surface area (Å²) in [5.41, 5.74) is 2.38. The fourth-order valence-electron chi connectivity index (χ4n) is 1.27. The van der Waals surface area contributed by atoms with Crippen molar-refractivity contribution >= 4 is 21.6 Å². The van der Waals surface area contributed by atoms with E-state index >= 15 is 0 Å². The van der Waals surface area contributed by atoms with Crippen molar-refractivity contribution in [3.63, 3.8) is 0 Å². The minimum atomic E-state index is -3.92. The molecule has 5 N–H and O–H groups in total. The van der Waals surface area contributed by atoms with Gasteiger partial charge in [0.25, 0.3) is 10.0 Å². The van der Waals surface area contributed by atoms with Crippen LogP contribution in [0.4, 0.5) is 5.69 Å². The van der Waals surface area contributed by atoms with Gasteiger partial charge in [0, 0.05) is 13.2 Å². The number of nitrogens with zero attached hydrogens (tertiary/aromatic N) is 1. The number of sulfonamides is 1. The van der Waals surface area contributed by atoms with Crippen LogP contribution in [0.25, 0.3) is 0 Å². The number of nitrogens with two attached hydrogens (primary N) is 1. The first-order valence-corrected chi connectivity index (χ1v) is 6.56. The lowest BCUT2D eigenvalue weighted by atomic mass is 10.3. The first-order valence-electron chi connectivity index (χ1n) is 5.08. The third-order valence-corrected chi connectivity index (χ3v) is 3.65. The molecule has 1 rings (SSSR count). The lowest BCUT2D eigenvalue weighted by Gasteiger charge is -2.14. The second kappa shape index (κ2) is 5.76. The molecule has 100 valence electrons. The van der Waals surface area contributed by atoms with Crippen molar-refractivity contribution in [1.82, 2.24) is 15.0 Å². The van der Waals surface area contributed by atoms with E-state index in [0.29, 0.717) is 0 Å². The Morgan fingerprint density at radius 3 is 2.72 bits per heavy atom. The van der Waals surface area contributed by atoms with Crippen molar-refractivity contribution in [3.05, 3.63) is 18.3 Å². The number of nitrogens with one attached hydrogen (secondary N) is 3. The standard InChI is InChI=1S/C9H15N5O3S/c1-6(8(15)11-2)14-18(16,17)9-7(13-10)4-3-5-12-9/h3-6,13-14H,10H2,1-2H3,(H,11,15). The Bertz CT molecular complexity index is 531. The number of aromatic nitrogens is 1. The van der Waals surface area contributed by atoms with Crippen LogP contribution in [-0.4, -0.2) is 32.4 Å². The van der Waals surface area contributed by atoms with Crippen molar-refractivity contribution in [1.29, 1.82) is 0 Å². The summed E-state index contributed by atoms with van der Waals surface area (Å²) in [5.74, 6) is 4.76. The summed E-state index contributed by atoms with van der Waals surface area (Å²) in [4.78, 5) is 15.0. The molecule has 0 aromatic carbocycles. The van der Waals surface area contributed by atoms with Gasteiger partial charge in [0.15, 0.2) is 5.03 Å². The third-order valence-electron chi connectivity index (χ3n) is 2.15. The number of hydrazine groups is 1. The number of carbonyl (C=O) groups excluding carboxylic acids is 1. The zero-order valence-electron chi connectivity index (χ0n) is 9.97. The van der Waals surface area contributed by atoms with Gasteiger partial charge in [-0.05, 0) is 19.1 Å². The van der Waals surface area contributed by atoms with Gasteiger partial charge in [-0.25, -0.2) is 13.4 Å². The third kappa shape index (κ3) is 3.15. The van der Waals surface area contributed by atoms with Gasteiger partial charge < -0.3 is 10.7 Å². The fraction of sp³-hybridized carbons (Fsp3) is 0.333. The largest absolute Gasteiger partial charge is 0.358 e. The Kier molecular flexibility index (Phi) is 4.59. The molecule has 0 aliphatic rings. The van der Waals surface area contributed by atoms with Gasteiger partial charge in [-0.1, -0.05) is 0 Å². The number of pyridine rings is 1. The van der Waals surface area contributed by atoms with Crippen molar-refractivity contribution < 1.29 is 13.2 Å². The molecule has 0 fully saturated rings. The number of rotatable bonds is 5. The van der Waals surface area contributed by atoms with Crippen LogP contribution < -0.4 is 21.3 Å². The number of carbonyl (C=O) groups is 1. The summed E-state index contributed by atoms with van der Waals surface area (Å²) in [5, 5.41) is 2.08. The number of hydrogen-bond acceptors (Lipinski definition) is 6. The van der Waals surface area contributed by atoms with Crippen LogP contribution in [0, 0.1) is 0 Å². The molecule has 0 saturated carbocycles. The van der Waals surface area contributed by atoms with E-state index in [2.05, 4.69) is 20.4 Å². The van der Waals surface area contributed by atoms with Crippen molar-refractivity contribution in [2.24, 2.45) is 5.84 Å². The zero-order valence-corrected chi connectivity index (χ0v) is 10.8. The average molecular weight is 273 g/mol. The van der Waals surface area contributed by atoms with Gasteiger partial charge in [-0.15, -0.1) is 0 Å². The molecule has 0 bridgehead atoms. The lowest BCUT2D eigenvalue weighted by Crippen LogP contribution is -2.43. The summed E-state index contributed by atoms with van der Waals surface area (Å²) >= 11 is 0. The molecule has 9 heteroatoms. The van der Waals surface area contributed by atoms with Crippen LogP contribution in [0.2, 0.25) is 0 Å². The summed E-state index contributed by atoms with van der Waals surface area (Å²) in [6, 6.07) is 2.09.